The Kier molecular flexibility index (Phi) is 6.29. The number of hydrogen-bond donors (Lipinski definition) is 2. The number of para-hydroxylation sites is 1. The summed E-state index contributed by atoms with van der Waals surface area (Å²) in [7, 11) is 0. The Labute approximate surface area is 195 Å². The lowest BCUT2D eigenvalue weighted by molar-refractivity contribution is 0.188. The first-order chi connectivity index (χ1) is 16.2. The molecule has 170 valence electrons. The number of nitrogens with zero attached hydrogens (tertiary/aromatic N) is 6. The van der Waals surface area contributed by atoms with Crippen LogP contribution in [0.2, 0.25) is 0 Å². The molecule has 3 heterocycles. The fraction of sp³-hybridized carbons (Fsp3) is 0.304. The van der Waals surface area contributed by atoms with Gasteiger partial charge in [-0.15, -0.1) is 0 Å². The zero-order chi connectivity index (χ0) is 22.6. The summed E-state index contributed by atoms with van der Waals surface area (Å²) in [6.45, 7) is 6.15. The lowest BCUT2D eigenvalue weighted by Gasteiger charge is -2.34. The Morgan fingerprint density at radius 3 is 2.52 bits per heavy atom. The second-order valence-electron chi connectivity index (χ2n) is 7.76. The van der Waals surface area contributed by atoms with Gasteiger partial charge in [-0.3, -0.25) is 4.90 Å². The Hall–Kier alpha value is -3.34. The van der Waals surface area contributed by atoms with Crippen molar-refractivity contribution in [1.29, 1.82) is 0 Å². The number of β-amino-alcohol motifs (C(OH)–C–C–N with tert-alkyl or cyclic N) is 1. The number of thiazole rings is 1. The molecule has 4 aromatic rings. The number of aromatic nitrogens is 4. The number of ether oxygens (including phenoxy) is 1. The molecule has 0 unspecified atom stereocenters. The van der Waals surface area contributed by atoms with Crippen LogP contribution < -0.4 is 15.0 Å². The van der Waals surface area contributed by atoms with Crippen LogP contribution in [-0.4, -0.2) is 69.3 Å². The van der Waals surface area contributed by atoms with Gasteiger partial charge >= 0.3 is 0 Å². The molecule has 1 aliphatic heterocycles. The normalized spacial score (nSPS) is 14.5. The molecule has 10 heteroatoms. The van der Waals surface area contributed by atoms with Crippen molar-refractivity contribution in [3.8, 4) is 10.9 Å². The number of piperazine rings is 1. The van der Waals surface area contributed by atoms with Crippen LogP contribution in [0.3, 0.4) is 0 Å². The van der Waals surface area contributed by atoms with Gasteiger partial charge in [0.2, 0.25) is 11.9 Å². The Bertz CT molecular complexity index is 1190. The van der Waals surface area contributed by atoms with Crippen LogP contribution in [-0.2, 0) is 0 Å². The summed E-state index contributed by atoms with van der Waals surface area (Å²) in [5.41, 5.74) is 1.79. The Morgan fingerprint density at radius 2 is 1.76 bits per heavy atom. The molecular formula is C23H25N7O2S. The monoisotopic (exact) mass is 463 g/mol. The van der Waals surface area contributed by atoms with Gasteiger partial charge in [0.25, 0.3) is 5.19 Å². The quantitative estimate of drug-likeness (QED) is 0.427. The van der Waals surface area contributed by atoms with E-state index >= 15 is 0 Å². The Balaban J connectivity index is 1.24. The molecule has 9 nitrogen and oxygen atoms in total. The molecule has 0 atom stereocenters. The highest BCUT2D eigenvalue weighted by Gasteiger charge is 2.19. The summed E-state index contributed by atoms with van der Waals surface area (Å²) < 4.78 is 7.02. The van der Waals surface area contributed by atoms with E-state index in [0.29, 0.717) is 35.2 Å². The van der Waals surface area contributed by atoms with Gasteiger partial charge < -0.3 is 20.1 Å². The number of nitrogens with one attached hydrogen (secondary N) is 1. The molecule has 0 bridgehead atoms. The van der Waals surface area contributed by atoms with Crippen molar-refractivity contribution in [1.82, 2.24) is 24.8 Å². The minimum atomic E-state index is 0.184. The molecule has 1 saturated heterocycles. The molecule has 1 fully saturated rings. The molecule has 0 saturated carbocycles. The molecular weight excluding hydrogens is 438 g/mol. The van der Waals surface area contributed by atoms with Gasteiger partial charge in [-0.1, -0.05) is 23.5 Å². The number of aryl methyl sites for hydroxylation is 1. The van der Waals surface area contributed by atoms with Crippen LogP contribution >= 0.6 is 11.3 Å². The van der Waals surface area contributed by atoms with Gasteiger partial charge in [0.15, 0.2) is 0 Å². The van der Waals surface area contributed by atoms with Crippen molar-refractivity contribution in [2.45, 2.75) is 6.92 Å². The second-order valence-corrected chi connectivity index (χ2v) is 8.75. The van der Waals surface area contributed by atoms with Gasteiger partial charge in [-0.25, -0.2) is 4.98 Å². The second kappa shape index (κ2) is 9.65. The molecule has 0 aliphatic carbocycles. The number of benzene rings is 2. The highest BCUT2D eigenvalue weighted by molar-refractivity contribution is 7.20. The summed E-state index contributed by atoms with van der Waals surface area (Å²) in [4.78, 5) is 22.5. The number of hydrogen-bond acceptors (Lipinski definition) is 10. The minimum absolute atomic E-state index is 0.184. The molecule has 5 rings (SSSR count). The summed E-state index contributed by atoms with van der Waals surface area (Å²) >= 11 is 1.52. The third-order valence-corrected chi connectivity index (χ3v) is 6.31. The van der Waals surface area contributed by atoms with Crippen LogP contribution in [0.4, 0.5) is 17.6 Å². The lowest BCUT2D eigenvalue weighted by Crippen LogP contribution is -2.47. The number of rotatable bonds is 7. The summed E-state index contributed by atoms with van der Waals surface area (Å²) in [5.74, 6) is 2.56. The van der Waals surface area contributed by atoms with Crippen LogP contribution in [0.25, 0.3) is 10.2 Å². The molecule has 2 N–H and O–H groups in total. The minimum Gasteiger partial charge on any atom is -0.431 e. The topological polar surface area (TPSA) is 99.5 Å². The lowest BCUT2D eigenvalue weighted by atomic mass is 10.3. The highest BCUT2D eigenvalue weighted by Crippen LogP contribution is 2.31. The summed E-state index contributed by atoms with van der Waals surface area (Å²) in [6.07, 6.45) is 0. The largest absolute Gasteiger partial charge is 0.431 e. The SMILES string of the molecule is Cc1nc(Nc2ccc(Oc3nc4ccccc4s3)cc2)nc(N2CCN(CCO)CC2)n1. The fourth-order valence-electron chi connectivity index (χ4n) is 3.71. The van der Waals surface area contributed by atoms with E-state index in [2.05, 4.69) is 35.1 Å². The number of anilines is 3. The third-order valence-electron chi connectivity index (χ3n) is 5.40. The molecule has 33 heavy (non-hydrogen) atoms. The number of aliphatic hydroxyl groups excluding tert-OH is 1. The smallest absolute Gasteiger partial charge is 0.279 e. The van der Waals surface area contributed by atoms with Crippen molar-refractivity contribution in [3.63, 3.8) is 0 Å². The average Bonchev–Trinajstić information content (AvgIpc) is 3.23. The zero-order valence-corrected chi connectivity index (χ0v) is 19.1. The van der Waals surface area contributed by atoms with Crippen LogP contribution in [0.1, 0.15) is 5.82 Å². The Morgan fingerprint density at radius 1 is 0.970 bits per heavy atom. The maximum absolute atomic E-state index is 9.13. The average molecular weight is 464 g/mol. The molecule has 0 amide bonds. The van der Waals surface area contributed by atoms with Gasteiger partial charge in [-0.05, 0) is 43.3 Å². The summed E-state index contributed by atoms with van der Waals surface area (Å²) in [5, 5.41) is 13.0. The zero-order valence-electron chi connectivity index (χ0n) is 18.3. The first-order valence-corrected chi connectivity index (χ1v) is 11.7. The highest BCUT2D eigenvalue weighted by atomic mass is 32.1. The van der Waals surface area contributed by atoms with Gasteiger partial charge in [-0.2, -0.15) is 15.0 Å². The summed E-state index contributed by atoms with van der Waals surface area (Å²) in [6, 6.07) is 15.6. The van der Waals surface area contributed by atoms with E-state index in [1.165, 1.54) is 11.3 Å². The van der Waals surface area contributed by atoms with E-state index in [4.69, 9.17) is 9.84 Å². The number of aliphatic hydroxyl groups is 1. The van der Waals surface area contributed by atoms with Gasteiger partial charge in [0.1, 0.15) is 11.6 Å². The van der Waals surface area contributed by atoms with Gasteiger partial charge in [0, 0.05) is 38.4 Å². The van der Waals surface area contributed by atoms with Crippen LogP contribution in [0.15, 0.2) is 48.5 Å². The fourth-order valence-corrected chi connectivity index (χ4v) is 4.54. The van der Waals surface area contributed by atoms with E-state index < -0.39 is 0 Å². The first-order valence-electron chi connectivity index (χ1n) is 10.9. The van der Waals surface area contributed by atoms with E-state index in [9.17, 15) is 0 Å². The van der Waals surface area contributed by atoms with E-state index in [0.717, 1.165) is 42.1 Å². The molecule has 1 aliphatic rings. The van der Waals surface area contributed by atoms with E-state index in [-0.39, 0.29) is 6.61 Å². The van der Waals surface area contributed by atoms with Crippen molar-refractivity contribution in [3.05, 3.63) is 54.4 Å². The van der Waals surface area contributed by atoms with Gasteiger partial charge in [0.05, 0.1) is 16.8 Å². The third kappa shape index (κ3) is 5.19. The van der Waals surface area contributed by atoms with Crippen molar-refractivity contribution in [2.24, 2.45) is 0 Å². The van der Waals surface area contributed by atoms with Crippen molar-refractivity contribution in [2.75, 3.05) is 49.5 Å². The number of fused-ring (bicyclic) bond motifs is 1. The predicted octanol–water partition coefficient (Wildman–Crippen LogP) is 3.44. The van der Waals surface area contributed by atoms with E-state index in [1.54, 1.807) is 0 Å². The standard InChI is InChI=1S/C23H25N7O2S/c1-16-24-21(28-22(25-16)30-12-10-29(11-13-30)14-15-31)26-17-6-8-18(9-7-17)32-23-27-19-4-2-3-5-20(19)33-23/h2-9,31H,10-15H2,1H3,(H,24,25,26,28). The maximum atomic E-state index is 9.13. The molecule has 2 aromatic carbocycles. The molecule has 0 radical (unpaired) electrons. The molecule has 2 aromatic heterocycles. The van der Waals surface area contributed by atoms with Crippen molar-refractivity contribution >= 4 is 39.1 Å². The van der Waals surface area contributed by atoms with Crippen LogP contribution in [0, 0.1) is 6.92 Å². The van der Waals surface area contributed by atoms with E-state index in [1.807, 2.05) is 55.5 Å². The first kappa shape index (κ1) is 21.5. The van der Waals surface area contributed by atoms with Crippen LogP contribution in [0.5, 0.6) is 10.9 Å². The predicted molar refractivity (Wildman–Crippen MR) is 130 cm³/mol. The van der Waals surface area contributed by atoms with Crippen molar-refractivity contribution < 1.29 is 9.84 Å². The maximum Gasteiger partial charge on any atom is 0.279 e. The molecule has 0 spiro atoms.